The summed E-state index contributed by atoms with van der Waals surface area (Å²) in [7, 11) is 0. The van der Waals surface area contributed by atoms with Crippen molar-refractivity contribution in [3.05, 3.63) is 71.9 Å². The minimum absolute atomic E-state index is 0.154. The number of benzene rings is 2. The zero-order chi connectivity index (χ0) is 17.9. The Hall–Kier alpha value is -3.08. The Morgan fingerprint density at radius 3 is 2.38 bits per heavy atom. The molecule has 5 nitrogen and oxygen atoms in total. The van der Waals surface area contributed by atoms with E-state index in [1.807, 2.05) is 54.6 Å². The van der Waals surface area contributed by atoms with Crippen molar-refractivity contribution >= 4 is 22.8 Å². The Morgan fingerprint density at radius 1 is 0.962 bits per heavy atom. The van der Waals surface area contributed by atoms with Gasteiger partial charge >= 0.3 is 5.97 Å². The molecule has 2 aromatic carbocycles. The highest BCUT2D eigenvalue weighted by Gasteiger charge is 2.31. The molecular formula is C21H20N2O3. The highest BCUT2D eigenvalue weighted by molar-refractivity contribution is 5.96. The first-order valence-corrected chi connectivity index (χ1v) is 8.85. The molecule has 1 fully saturated rings. The molecule has 0 unspecified atom stereocenters. The minimum Gasteiger partial charge on any atom is -0.443 e. The molecule has 1 N–H and O–H groups in total. The van der Waals surface area contributed by atoms with Crippen LogP contribution >= 0.6 is 0 Å². The lowest BCUT2D eigenvalue weighted by Gasteiger charge is -2.23. The molecule has 1 saturated heterocycles. The molecule has 3 aromatic rings. The van der Waals surface area contributed by atoms with Crippen LogP contribution in [0.4, 0.5) is 0 Å². The summed E-state index contributed by atoms with van der Waals surface area (Å²) in [5, 5.41) is 0.932. The second kappa shape index (κ2) is 7.04. The number of H-pyrrole nitrogens is 1. The predicted octanol–water partition coefficient (Wildman–Crippen LogP) is 3.69. The predicted molar refractivity (Wildman–Crippen MR) is 98.7 cm³/mol. The van der Waals surface area contributed by atoms with Gasteiger partial charge in [-0.15, -0.1) is 0 Å². The second-order valence-electron chi connectivity index (χ2n) is 6.50. The molecular weight excluding hydrogens is 328 g/mol. The van der Waals surface area contributed by atoms with Gasteiger partial charge in [-0.2, -0.15) is 0 Å². The zero-order valence-corrected chi connectivity index (χ0v) is 14.4. The fourth-order valence-electron chi connectivity index (χ4n) is 3.35. The van der Waals surface area contributed by atoms with Crippen molar-refractivity contribution in [1.82, 2.24) is 9.88 Å². The maximum absolute atomic E-state index is 12.9. The van der Waals surface area contributed by atoms with Gasteiger partial charge in [0, 0.05) is 29.6 Å². The number of likely N-dealkylation sites (tertiary alicyclic amines) is 1. The normalized spacial score (nSPS) is 15.2. The van der Waals surface area contributed by atoms with Gasteiger partial charge in [0.25, 0.3) is 5.91 Å². The van der Waals surface area contributed by atoms with Gasteiger partial charge in [-0.25, -0.2) is 4.79 Å². The number of ether oxygens (including phenoxy) is 1. The third kappa shape index (κ3) is 3.20. The molecule has 0 bridgehead atoms. The summed E-state index contributed by atoms with van der Waals surface area (Å²) in [6, 6.07) is 18.6. The van der Waals surface area contributed by atoms with Crippen molar-refractivity contribution in [2.75, 3.05) is 13.1 Å². The van der Waals surface area contributed by atoms with Crippen molar-refractivity contribution in [3.63, 3.8) is 0 Å². The molecule has 1 aliphatic heterocycles. The van der Waals surface area contributed by atoms with Crippen LogP contribution in [-0.4, -0.2) is 34.8 Å². The van der Waals surface area contributed by atoms with Crippen LogP contribution in [0.2, 0.25) is 0 Å². The zero-order valence-electron chi connectivity index (χ0n) is 14.4. The number of aromatic amines is 1. The van der Waals surface area contributed by atoms with Gasteiger partial charge in [0.15, 0.2) is 0 Å². The summed E-state index contributed by atoms with van der Waals surface area (Å²) < 4.78 is 5.66. The lowest BCUT2D eigenvalue weighted by molar-refractivity contribution is -0.140. The number of rotatable bonds is 4. The fourth-order valence-corrected chi connectivity index (χ4v) is 3.35. The number of nitrogens with zero attached hydrogens (tertiary/aromatic N) is 1. The van der Waals surface area contributed by atoms with Crippen LogP contribution < -0.4 is 0 Å². The lowest BCUT2D eigenvalue weighted by Crippen LogP contribution is -2.34. The molecule has 1 atom stereocenters. The summed E-state index contributed by atoms with van der Waals surface area (Å²) in [5.41, 5.74) is 1.90. The molecule has 0 saturated carbocycles. The number of hydrogen-bond acceptors (Lipinski definition) is 3. The Bertz CT molecular complexity index is 894. The summed E-state index contributed by atoms with van der Waals surface area (Å²) in [4.78, 5) is 30.5. The van der Waals surface area contributed by atoms with Crippen molar-refractivity contribution in [2.45, 2.75) is 18.9 Å². The number of esters is 1. The molecule has 26 heavy (non-hydrogen) atoms. The van der Waals surface area contributed by atoms with E-state index >= 15 is 0 Å². The van der Waals surface area contributed by atoms with Crippen molar-refractivity contribution in [3.8, 4) is 0 Å². The quantitative estimate of drug-likeness (QED) is 0.732. The molecule has 2 heterocycles. The van der Waals surface area contributed by atoms with Gasteiger partial charge in [0.1, 0.15) is 5.69 Å². The Morgan fingerprint density at radius 2 is 1.65 bits per heavy atom. The second-order valence-corrected chi connectivity index (χ2v) is 6.50. The summed E-state index contributed by atoms with van der Waals surface area (Å²) >= 11 is 0. The van der Waals surface area contributed by atoms with Crippen LogP contribution in [0.25, 0.3) is 10.9 Å². The third-order valence-corrected chi connectivity index (χ3v) is 4.72. The smallest absolute Gasteiger partial charge is 0.355 e. The van der Waals surface area contributed by atoms with Gasteiger partial charge in [0.2, 0.25) is 6.10 Å². The molecule has 1 aromatic heterocycles. The van der Waals surface area contributed by atoms with Crippen molar-refractivity contribution < 1.29 is 14.3 Å². The van der Waals surface area contributed by atoms with Crippen LogP contribution in [0.1, 0.15) is 35.0 Å². The number of hydrogen-bond donors (Lipinski definition) is 1. The van der Waals surface area contributed by atoms with Crippen molar-refractivity contribution in [1.29, 1.82) is 0 Å². The number of carbonyl (C=O) groups excluding carboxylic acids is 2. The van der Waals surface area contributed by atoms with Crippen LogP contribution in [0.5, 0.6) is 0 Å². The molecule has 0 aliphatic carbocycles. The van der Waals surface area contributed by atoms with Gasteiger partial charge < -0.3 is 14.6 Å². The highest BCUT2D eigenvalue weighted by Crippen LogP contribution is 2.25. The summed E-state index contributed by atoms with van der Waals surface area (Å²) in [5.74, 6) is -0.680. The van der Waals surface area contributed by atoms with E-state index in [1.54, 1.807) is 11.0 Å². The summed E-state index contributed by atoms with van der Waals surface area (Å²) in [6.45, 7) is 1.43. The number of fused-ring (bicyclic) bond motifs is 1. The van der Waals surface area contributed by atoms with E-state index in [0.29, 0.717) is 24.3 Å². The molecule has 5 heteroatoms. The van der Waals surface area contributed by atoms with Crippen molar-refractivity contribution in [2.24, 2.45) is 0 Å². The maximum atomic E-state index is 12.9. The Kier molecular flexibility index (Phi) is 4.44. The van der Waals surface area contributed by atoms with E-state index in [-0.39, 0.29) is 5.91 Å². The van der Waals surface area contributed by atoms with E-state index in [4.69, 9.17) is 4.74 Å². The number of nitrogens with one attached hydrogen (secondary N) is 1. The van der Waals surface area contributed by atoms with Gasteiger partial charge in [-0.1, -0.05) is 48.5 Å². The largest absolute Gasteiger partial charge is 0.443 e. The number of para-hydroxylation sites is 1. The van der Waals surface area contributed by atoms with Gasteiger partial charge in [0.05, 0.1) is 0 Å². The first kappa shape index (κ1) is 16.4. The van der Waals surface area contributed by atoms with E-state index < -0.39 is 12.1 Å². The fraction of sp³-hybridized carbons (Fsp3) is 0.238. The Labute approximate surface area is 151 Å². The van der Waals surface area contributed by atoms with E-state index in [0.717, 1.165) is 23.7 Å². The van der Waals surface area contributed by atoms with Crippen LogP contribution in [0.15, 0.2) is 60.7 Å². The molecule has 1 aliphatic rings. The van der Waals surface area contributed by atoms with Crippen LogP contribution in [0.3, 0.4) is 0 Å². The maximum Gasteiger partial charge on any atom is 0.355 e. The molecule has 1 amide bonds. The lowest BCUT2D eigenvalue weighted by atomic mass is 10.1. The van der Waals surface area contributed by atoms with Crippen LogP contribution in [0, 0.1) is 0 Å². The first-order valence-electron chi connectivity index (χ1n) is 8.85. The van der Waals surface area contributed by atoms with E-state index in [2.05, 4.69) is 4.98 Å². The standard InChI is InChI=1S/C21H20N2O3/c24-20(23-12-6-7-13-23)19(15-8-2-1-3-9-15)26-21(25)18-14-16-10-4-5-11-17(16)22-18/h1-5,8-11,14,19,22H,6-7,12-13H2/t19-/m0/s1. The van der Waals surface area contributed by atoms with Gasteiger partial charge in [-0.05, 0) is 25.0 Å². The monoisotopic (exact) mass is 348 g/mol. The number of aromatic nitrogens is 1. The van der Waals surface area contributed by atoms with Crippen LogP contribution in [-0.2, 0) is 9.53 Å². The average molecular weight is 348 g/mol. The summed E-state index contributed by atoms with van der Waals surface area (Å²) in [6.07, 6.45) is 1.06. The molecule has 132 valence electrons. The minimum atomic E-state index is -0.923. The van der Waals surface area contributed by atoms with Gasteiger partial charge in [-0.3, -0.25) is 4.79 Å². The number of amides is 1. The highest BCUT2D eigenvalue weighted by atomic mass is 16.5. The average Bonchev–Trinajstić information content (AvgIpc) is 3.35. The molecule has 4 rings (SSSR count). The SMILES string of the molecule is O=C(O[C@H](C(=O)N1CCCC1)c1ccccc1)c1cc2ccccc2[nH]1. The van der Waals surface area contributed by atoms with E-state index in [9.17, 15) is 9.59 Å². The third-order valence-electron chi connectivity index (χ3n) is 4.72. The first-order chi connectivity index (χ1) is 12.7. The number of carbonyl (C=O) groups is 2. The molecule has 0 spiro atoms. The molecule has 0 radical (unpaired) electrons. The van der Waals surface area contributed by atoms with E-state index in [1.165, 1.54) is 0 Å². The Balaban J connectivity index is 1.61. The topological polar surface area (TPSA) is 62.4 Å².